The molecule has 0 spiro atoms. The molecule has 0 aliphatic heterocycles. The van der Waals surface area contributed by atoms with Gasteiger partial charge in [0.15, 0.2) is 0 Å². The van der Waals surface area contributed by atoms with E-state index in [0.717, 1.165) is 32.1 Å². The highest BCUT2D eigenvalue weighted by Gasteiger charge is 2.35. The molecule has 290 valence electrons. The van der Waals surface area contributed by atoms with Gasteiger partial charge in [-0.2, -0.15) is 12.6 Å². The lowest BCUT2D eigenvalue weighted by Crippen LogP contribution is -2.60. The van der Waals surface area contributed by atoms with Crippen LogP contribution < -0.4 is 32.3 Å². The largest absolute Gasteiger partial charge is 0.481 e. The van der Waals surface area contributed by atoms with Crippen LogP contribution in [0.4, 0.5) is 0 Å². The number of carboxylic acids is 3. The van der Waals surface area contributed by atoms with Crippen molar-refractivity contribution < 1.29 is 53.7 Å². The Hall–Kier alpha value is -3.93. The summed E-state index contributed by atoms with van der Waals surface area (Å²) in [4.78, 5) is 101. The van der Waals surface area contributed by atoms with Crippen LogP contribution >= 0.6 is 12.6 Å². The van der Waals surface area contributed by atoms with Crippen molar-refractivity contribution in [1.29, 1.82) is 0 Å². The molecule has 0 saturated heterocycles. The van der Waals surface area contributed by atoms with Crippen LogP contribution in [0.15, 0.2) is 0 Å². The van der Waals surface area contributed by atoms with E-state index in [4.69, 9.17) is 10.8 Å². The van der Waals surface area contributed by atoms with Crippen LogP contribution in [0.2, 0.25) is 0 Å². The van der Waals surface area contributed by atoms with Crippen LogP contribution in [0.5, 0.6) is 0 Å². The van der Waals surface area contributed by atoms with Gasteiger partial charge >= 0.3 is 17.9 Å². The number of hydrogen-bond donors (Lipinski definition) is 10. The van der Waals surface area contributed by atoms with Crippen molar-refractivity contribution in [3.05, 3.63) is 0 Å². The minimum Gasteiger partial charge on any atom is -0.481 e. The number of aliphatic carboxylic acids is 3. The highest BCUT2D eigenvalue weighted by Crippen LogP contribution is 2.27. The van der Waals surface area contributed by atoms with Gasteiger partial charge in [0.05, 0.1) is 12.5 Å². The van der Waals surface area contributed by atoms with Crippen molar-refractivity contribution in [2.45, 2.75) is 135 Å². The molecule has 17 nitrogen and oxygen atoms in total. The van der Waals surface area contributed by atoms with E-state index in [1.165, 1.54) is 0 Å². The average Bonchev–Trinajstić information content (AvgIpc) is 3.06. The number of hydrogen-bond acceptors (Lipinski definition) is 10. The number of thiol groups is 1. The molecule has 1 rings (SSSR count). The third-order valence-corrected chi connectivity index (χ3v) is 9.23. The second-order valence-corrected chi connectivity index (χ2v) is 14.0. The van der Waals surface area contributed by atoms with Crippen LogP contribution in [0.3, 0.4) is 0 Å². The van der Waals surface area contributed by atoms with E-state index in [2.05, 4.69) is 39.2 Å². The molecule has 0 aromatic rings. The fourth-order valence-corrected chi connectivity index (χ4v) is 5.98. The second kappa shape index (κ2) is 22.8. The molecule has 7 atom stereocenters. The maximum absolute atomic E-state index is 13.7. The highest BCUT2D eigenvalue weighted by molar-refractivity contribution is 7.80. The van der Waals surface area contributed by atoms with Crippen molar-refractivity contribution in [3.8, 4) is 0 Å². The third kappa shape index (κ3) is 16.8. The van der Waals surface area contributed by atoms with E-state index >= 15 is 0 Å². The van der Waals surface area contributed by atoms with E-state index in [1.54, 1.807) is 27.7 Å². The molecule has 10 N–H and O–H groups in total. The molecule has 51 heavy (non-hydrogen) atoms. The topological polar surface area (TPSA) is 283 Å². The first kappa shape index (κ1) is 45.1. The summed E-state index contributed by atoms with van der Waals surface area (Å²) in [5.41, 5.74) is 5.68. The molecule has 1 aliphatic rings. The van der Waals surface area contributed by atoms with Crippen molar-refractivity contribution in [3.63, 3.8) is 0 Å². The molecule has 5 amide bonds. The summed E-state index contributed by atoms with van der Waals surface area (Å²) in [6.45, 7) is 7.00. The number of nitrogens with one attached hydrogen (secondary N) is 5. The van der Waals surface area contributed by atoms with E-state index in [-0.39, 0.29) is 36.9 Å². The van der Waals surface area contributed by atoms with Crippen molar-refractivity contribution >= 4 is 60.1 Å². The van der Waals surface area contributed by atoms with Gasteiger partial charge in [0.2, 0.25) is 29.5 Å². The average molecular weight is 745 g/mol. The van der Waals surface area contributed by atoms with E-state index in [1.807, 2.05) is 0 Å². The molecule has 0 aromatic carbocycles. The van der Waals surface area contributed by atoms with Gasteiger partial charge in [-0.25, -0.2) is 4.79 Å². The Kier molecular flexibility index (Phi) is 20.2. The Labute approximate surface area is 303 Å². The summed E-state index contributed by atoms with van der Waals surface area (Å²) in [5, 5.41) is 40.4. The first-order valence-electron chi connectivity index (χ1n) is 17.4. The monoisotopic (exact) mass is 744 g/mol. The molecular weight excluding hydrogens is 688 g/mol. The molecule has 1 fully saturated rings. The zero-order chi connectivity index (χ0) is 38.8. The summed E-state index contributed by atoms with van der Waals surface area (Å²) in [6, 6.07) is -7.84. The lowest BCUT2D eigenvalue weighted by atomic mass is 9.84. The molecule has 1 aliphatic carbocycles. The first-order valence-corrected chi connectivity index (χ1v) is 18.1. The Bertz CT molecular complexity index is 1230. The molecule has 0 aromatic heterocycles. The molecule has 0 heterocycles. The summed E-state index contributed by atoms with van der Waals surface area (Å²) in [5.74, 6) is -8.72. The minimum absolute atomic E-state index is 0.0596. The zero-order valence-corrected chi connectivity index (χ0v) is 30.7. The number of carboxylic acid groups (broad SMARTS) is 3. The quantitative estimate of drug-likeness (QED) is 0.0626. The van der Waals surface area contributed by atoms with Gasteiger partial charge in [0.25, 0.3) is 0 Å². The van der Waals surface area contributed by atoms with Crippen LogP contribution in [-0.4, -0.2) is 105 Å². The number of carbonyl (C=O) groups is 8. The van der Waals surface area contributed by atoms with Crippen molar-refractivity contribution in [1.82, 2.24) is 26.6 Å². The standard InChI is InChI=1S/C33H56N6O11S/c1-5-18(4)27(39-28(44)20(34)15-26(42)43)32(48)37-22(13-17(2)3)30(46)35-21(11-12-25(40)41)29(45)36-23(14-19-9-7-6-8-10-19)31(47)38-24(16-51)33(49)50/h17-24,27,51H,5-16,34H2,1-4H3,(H,35,46)(H,36,45)(H,37,48)(H,38,47)(H,39,44)(H,40,41)(H,42,43)(H,49,50)/t18-,20-,21-,22-,23-,24-,27+/m0/s1. The molecular formula is C33H56N6O11S. The molecule has 18 heteroatoms. The Morgan fingerprint density at radius 3 is 1.75 bits per heavy atom. The summed E-state index contributed by atoms with van der Waals surface area (Å²) < 4.78 is 0. The number of rotatable bonds is 23. The van der Waals surface area contributed by atoms with Gasteiger partial charge in [-0.3, -0.25) is 33.6 Å². The van der Waals surface area contributed by atoms with Crippen LogP contribution in [0.25, 0.3) is 0 Å². The summed E-state index contributed by atoms with van der Waals surface area (Å²) in [6.07, 6.45) is 3.61. The van der Waals surface area contributed by atoms with E-state index in [0.29, 0.717) is 6.42 Å². The second-order valence-electron chi connectivity index (χ2n) is 13.6. The highest BCUT2D eigenvalue weighted by atomic mass is 32.1. The minimum atomic E-state index is -1.46. The van der Waals surface area contributed by atoms with Crippen molar-refractivity contribution in [2.75, 3.05) is 5.75 Å². The predicted octanol–water partition coefficient (Wildman–Crippen LogP) is 0.154. The smallest absolute Gasteiger partial charge is 0.327 e. The van der Waals surface area contributed by atoms with Crippen LogP contribution in [0, 0.1) is 17.8 Å². The van der Waals surface area contributed by atoms with Crippen LogP contribution in [0.1, 0.15) is 98.3 Å². The fourth-order valence-electron chi connectivity index (χ4n) is 5.73. The number of carbonyl (C=O) groups excluding carboxylic acids is 5. The van der Waals surface area contributed by atoms with Crippen molar-refractivity contribution in [2.24, 2.45) is 23.5 Å². The maximum Gasteiger partial charge on any atom is 0.327 e. The fraction of sp³-hybridized carbons (Fsp3) is 0.758. The van der Waals surface area contributed by atoms with Gasteiger partial charge in [-0.15, -0.1) is 0 Å². The summed E-state index contributed by atoms with van der Waals surface area (Å²) in [7, 11) is 0. The van der Waals surface area contributed by atoms with Gasteiger partial charge in [-0.05, 0) is 37.0 Å². The molecule has 0 bridgehead atoms. The van der Waals surface area contributed by atoms with Gasteiger partial charge in [-0.1, -0.05) is 66.2 Å². The predicted molar refractivity (Wildman–Crippen MR) is 188 cm³/mol. The SMILES string of the molecule is CC[C@H](C)[C@@H](NC(=O)[C@@H](N)CC(=O)O)C(=O)N[C@@H](CC(C)C)C(=O)N[C@@H](CCC(=O)O)C(=O)N[C@@H](CC1CCCCC1)C(=O)N[C@@H](CS)C(=O)O. The molecule has 1 saturated carbocycles. The normalized spacial score (nSPS) is 17.4. The van der Waals surface area contributed by atoms with Crippen LogP contribution in [-0.2, 0) is 38.4 Å². The van der Waals surface area contributed by atoms with Gasteiger partial charge < -0.3 is 47.6 Å². The summed E-state index contributed by atoms with van der Waals surface area (Å²) >= 11 is 3.98. The number of amides is 5. The van der Waals surface area contributed by atoms with E-state index < -0.39 is 102 Å². The van der Waals surface area contributed by atoms with Gasteiger partial charge in [0, 0.05) is 12.2 Å². The van der Waals surface area contributed by atoms with Gasteiger partial charge in [0.1, 0.15) is 30.2 Å². The third-order valence-electron chi connectivity index (χ3n) is 8.87. The Balaban J connectivity index is 3.30. The zero-order valence-electron chi connectivity index (χ0n) is 29.8. The maximum atomic E-state index is 13.7. The molecule has 0 unspecified atom stereocenters. The lowest BCUT2D eigenvalue weighted by Gasteiger charge is -2.30. The Morgan fingerprint density at radius 1 is 0.706 bits per heavy atom. The number of nitrogens with two attached hydrogens (primary N) is 1. The Morgan fingerprint density at radius 2 is 1.24 bits per heavy atom. The first-order chi connectivity index (χ1) is 23.9. The van der Waals surface area contributed by atoms with E-state index in [9.17, 15) is 48.6 Å². The molecule has 0 radical (unpaired) electrons. The lowest BCUT2D eigenvalue weighted by molar-refractivity contribution is -0.141.